The lowest BCUT2D eigenvalue weighted by molar-refractivity contribution is 0.0139. The fourth-order valence-corrected chi connectivity index (χ4v) is 9.48. The van der Waals surface area contributed by atoms with Crippen molar-refractivity contribution in [3.63, 3.8) is 0 Å². The van der Waals surface area contributed by atoms with Crippen LogP contribution in [-0.2, 0) is 13.9 Å². The number of hydrogen-bond acceptors (Lipinski definition) is 4. The molecule has 0 bridgehead atoms. The predicted molar refractivity (Wildman–Crippen MR) is 136 cm³/mol. The first-order valence-corrected chi connectivity index (χ1v) is 13.7. The SMILES string of the molecule is COC[C@H]1C[C@@H](O[Si](c2ccccc2)(c2ccccc2)C(C)(C)C)CN1C(=O)OC(C)(C)C. The molecule has 3 rings (SSSR count). The number of benzene rings is 2. The van der Waals surface area contributed by atoms with Crippen LogP contribution in [0.1, 0.15) is 48.0 Å². The topological polar surface area (TPSA) is 48.0 Å². The highest BCUT2D eigenvalue weighted by Crippen LogP contribution is 2.39. The molecule has 0 N–H and O–H groups in total. The Bertz CT molecular complexity index is 866. The third-order valence-electron chi connectivity index (χ3n) is 6.12. The Morgan fingerprint density at radius 1 is 0.939 bits per heavy atom. The molecular weight excluding hydrogens is 430 g/mol. The van der Waals surface area contributed by atoms with Gasteiger partial charge in [0.2, 0.25) is 0 Å². The number of amides is 1. The molecule has 0 aromatic heterocycles. The van der Waals surface area contributed by atoms with Crippen LogP contribution < -0.4 is 10.4 Å². The molecule has 0 unspecified atom stereocenters. The van der Waals surface area contributed by atoms with Crippen molar-refractivity contribution in [1.82, 2.24) is 4.90 Å². The summed E-state index contributed by atoms with van der Waals surface area (Å²) < 4.78 is 18.4. The molecule has 5 nitrogen and oxygen atoms in total. The van der Waals surface area contributed by atoms with Crippen molar-refractivity contribution in [3.8, 4) is 0 Å². The molecule has 0 aliphatic carbocycles. The standard InChI is InChI=1S/C27H39NO4Si/c1-26(2,3)31-25(29)28-19-22(18-21(28)20-30-7)32-33(27(4,5)6,23-14-10-8-11-15-23)24-16-12-9-13-17-24/h8-17,21-22H,18-20H2,1-7H3/t21-,22-/m1/s1. The molecule has 2 aromatic carbocycles. The number of rotatable bonds is 6. The summed E-state index contributed by atoms with van der Waals surface area (Å²) in [5.41, 5.74) is -0.550. The zero-order chi connectivity index (χ0) is 24.3. The van der Waals surface area contributed by atoms with Gasteiger partial charge in [0.1, 0.15) is 5.60 Å². The molecule has 1 amide bonds. The van der Waals surface area contributed by atoms with Gasteiger partial charge in [0, 0.05) is 13.7 Å². The van der Waals surface area contributed by atoms with Crippen molar-refractivity contribution < 1.29 is 18.7 Å². The third-order valence-corrected chi connectivity index (χ3v) is 11.2. The summed E-state index contributed by atoms with van der Waals surface area (Å²) in [4.78, 5) is 14.8. The predicted octanol–water partition coefficient (Wildman–Crippen LogP) is 4.59. The van der Waals surface area contributed by atoms with Gasteiger partial charge in [-0.15, -0.1) is 0 Å². The van der Waals surface area contributed by atoms with Gasteiger partial charge in [0.05, 0.1) is 18.8 Å². The molecule has 2 aromatic rings. The van der Waals surface area contributed by atoms with Gasteiger partial charge in [-0.25, -0.2) is 4.79 Å². The second kappa shape index (κ2) is 10.00. The second-order valence-corrected chi connectivity index (χ2v) is 15.1. The van der Waals surface area contributed by atoms with Crippen LogP contribution in [0.15, 0.2) is 60.7 Å². The van der Waals surface area contributed by atoms with Crippen LogP contribution in [-0.4, -0.2) is 57.3 Å². The Labute approximate surface area is 200 Å². The zero-order valence-corrected chi connectivity index (χ0v) is 22.1. The van der Waals surface area contributed by atoms with Crippen LogP contribution in [0.2, 0.25) is 5.04 Å². The number of hydrogen-bond donors (Lipinski definition) is 0. The normalized spacial score (nSPS) is 19.5. The molecule has 2 atom stereocenters. The van der Waals surface area contributed by atoms with E-state index in [2.05, 4.69) is 69.3 Å². The first kappa shape index (κ1) is 25.5. The van der Waals surface area contributed by atoms with Gasteiger partial charge in [-0.2, -0.15) is 0 Å². The molecular formula is C27H39NO4Si. The number of likely N-dealkylation sites (tertiary alicyclic amines) is 1. The molecule has 0 saturated carbocycles. The molecule has 180 valence electrons. The van der Waals surface area contributed by atoms with Gasteiger partial charge in [-0.3, -0.25) is 0 Å². The van der Waals surface area contributed by atoms with Gasteiger partial charge in [-0.05, 0) is 42.6 Å². The van der Waals surface area contributed by atoms with E-state index in [1.54, 1.807) is 12.0 Å². The van der Waals surface area contributed by atoms with Crippen molar-refractivity contribution in [2.75, 3.05) is 20.3 Å². The van der Waals surface area contributed by atoms with Crippen LogP contribution in [0.4, 0.5) is 4.79 Å². The van der Waals surface area contributed by atoms with Gasteiger partial charge >= 0.3 is 6.09 Å². The average molecular weight is 470 g/mol. The van der Waals surface area contributed by atoms with Crippen molar-refractivity contribution >= 4 is 24.8 Å². The van der Waals surface area contributed by atoms with Gasteiger partial charge in [-0.1, -0.05) is 81.4 Å². The highest BCUT2D eigenvalue weighted by molar-refractivity contribution is 6.99. The minimum atomic E-state index is -2.70. The van der Waals surface area contributed by atoms with Crippen LogP contribution in [0.3, 0.4) is 0 Å². The third kappa shape index (κ3) is 5.68. The Morgan fingerprint density at radius 3 is 1.88 bits per heavy atom. The van der Waals surface area contributed by atoms with Crippen molar-refractivity contribution in [2.24, 2.45) is 0 Å². The molecule has 33 heavy (non-hydrogen) atoms. The van der Waals surface area contributed by atoms with Crippen LogP contribution in [0.25, 0.3) is 0 Å². The molecule has 1 fully saturated rings. The van der Waals surface area contributed by atoms with Gasteiger partial charge in [0.25, 0.3) is 8.32 Å². The summed E-state index contributed by atoms with van der Waals surface area (Å²) in [6.07, 6.45) is 0.305. The second-order valence-electron chi connectivity index (χ2n) is 10.9. The maximum Gasteiger partial charge on any atom is 0.410 e. The van der Waals surface area contributed by atoms with Crippen LogP contribution >= 0.6 is 0 Å². The summed E-state index contributed by atoms with van der Waals surface area (Å²) in [5, 5.41) is 2.36. The lowest BCUT2D eigenvalue weighted by Gasteiger charge is -2.44. The van der Waals surface area contributed by atoms with E-state index < -0.39 is 13.9 Å². The van der Waals surface area contributed by atoms with Gasteiger partial charge in [0.15, 0.2) is 0 Å². The molecule has 1 aliphatic heterocycles. The summed E-state index contributed by atoms with van der Waals surface area (Å²) in [7, 11) is -1.03. The highest BCUT2D eigenvalue weighted by Gasteiger charge is 2.53. The van der Waals surface area contributed by atoms with Crippen LogP contribution in [0, 0.1) is 0 Å². The molecule has 1 aliphatic rings. The molecule has 0 spiro atoms. The van der Waals surface area contributed by atoms with E-state index >= 15 is 0 Å². The van der Waals surface area contributed by atoms with E-state index in [-0.39, 0.29) is 23.3 Å². The summed E-state index contributed by atoms with van der Waals surface area (Å²) in [5.74, 6) is 0. The van der Waals surface area contributed by atoms with E-state index in [1.807, 2.05) is 32.9 Å². The Kier molecular flexibility index (Phi) is 7.71. The fraction of sp³-hybridized carbons (Fsp3) is 0.519. The number of nitrogens with zero attached hydrogens (tertiary/aromatic N) is 1. The Balaban J connectivity index is 2.01. The minimum absolute atomic E-state index is 0.0759. The lowest BCUT2D eigenvalue weighted by Crippen LogP contribution is -2.67. The Hall–Kier alpha value is -2.15. The van der Waals surface area contributed by atoms with Crippen molar-refractivity contribution in [3.05, 3.63) is 60.7 Å². The maximum atomic E-state index is 13.0. The average Bonchev–Trinajstić information content (AvgIpc) is 3.14. The smallest absolute Gasteiger partial charge is 0.410 e. The number of carbonyl (C=O) groups excluding carboxylic acids is 1. The van der Waals surface area contributed by atoms with Crippen molar-refractivity contribution in [1.29, 1.82) is 0 Å². The number of ether oxygens (including phenoxy) is 2. The quantitative estimate of drug-likeness (QED) is 0.581. The number of methoxy groups -OCH3 is 1. The molecule has 6 heteroatoms. The van der Waals surface area contributed by atoms with Gasteiger partial charge < -0.3 is 18.8 Å². The first-order chi connectivity index (χ1) is 15.5. The summed E-state index contributed by atoms with van der Waals surface area (Å²) in [6.45, 7) is 13.4. The largest absolute Gasteiger partial charge is 0.444 e. The molecule has 1 saturated heterocycles. The maximum absolute atomic E-state index is 13.0. The van der Waals surface area contributed by atoms with Crippen LogP contribution in [0.5, 0.6) is 0 Å². The fourth-order valence-electron chi connectivity index (χ4n) is 4.79. The molecule has 1 heterocycles. The minimum Gasteiger partial charge on any atom is -0.444 e. The lowest BCUT2D eigenvalue weighted by atomic mass is 10.2. The summed E-state index contributed by atoms with van der Waals surface area (Å²) in [6, 6.07) is 21.1. The van der Waals surface area contributed by atoms with Crippen molar-refractivity contribution in [2.45, 2.75) is 70.7 Å². The first-order valence-electron chi connectivity index (χ1n) is 11.8. The van der Waals surface area contributed by atoms with E-state index in [4.69, 9.17) is 13.9 Å². The highest BCUT2D eigenvalue weighted by atomic mass is 28.4. The summed E-state index contributed by atoms with van der Waals surface area (Å²) >= 11 is 0. The molecule has 0 radical (unpaired) electrons. The van der Waals surface area contributed by atoms with E-state index in [9.17, 15) is 4.79 Å². The van der Waals surface area contributed by atoms with E-state index in [1.165, 1.54) is 10.4 Å². The monoisotopic (exact) mass is 469 g/mol. The zero-order valence-electron chi connectivity index (χ0n) is 21.1. The van der Waals surface area contributed by atoms with E-state index in [0.29, 0.717) is 13.2 Å². The number of carbonyl (C=O) groups is 1. The Morgan fingerprint density at radius 2 is 1.45 bits per heavy atom. The van der Waals surface area contributed by atoms with E-state index in [0.717, 1.165) is 6.42 Å².